The second kappa shape index (κ2) is 17.5. The lowest BCUT2D eigenvalue weighted by Crippen LogP contribution is -2.39. The van der Waals surface area contributed by atoms with Gasteiger partial charge in [0.15, 0.2) is 6.61 Å². The summed E-state index contributed by atoms with van der Waals surface area (Å²) in [7, 11) is 0. The number of amides is 3. The zero-order valence-electron chi connectivity index (χ0n) is 26.7. The Hall–Kier alpha value is -5.59. The van der Waals surface area contributed by atoms with E-state index in [1.807, 2.05) is 31.2 Å². The van der Waals surface area contributed by atoms with Crippen LogP contribution in [0.4, 0.5) is 22.0 Å². The predicted molar refractivity (Wildman–Crippen MR) is 170 cm³/mol. The molecule has 0 radical (unpaired) electrons. The van der Waals surface area contributed by atoms with Gasteiger partial charge in [0.1, 0.15) is 11.6 Å². The number of rotatable bonds is 9. The number of halogens is 5. The number of primary amides is 1. The highest BCUT2D eigenvalue weighted by molar-refractivity contribution is 6.34. The van der Waals surface area contributed by atoms with Crippen LogP contribution in [0.2, 0.25) is 0 Å². The predicted octanol–water partition coefficient (Wildman–Crippen LogP) is 5.92. The number of alkyl halides is 3. The minimum atomic E-state index is -4.73. The zero-order chi connectivity index (χ0) is 36.1. The fourth-order valence-electron chi connectivity index (χ4n) is 4.50. The number of carbonyl (C=O) groups is 4. The van der Waals surface area contributed by atoms with Gasteiger partial charge < -0.3 is 20.3 Å². The molecule has 13 heteroatoms. The highest BCUT2D eigenvalue weighted by Gasteiger charge is 2.33. The topological polar surface area (TPSA) is 110 Å². The molecule has 3 amide bonds. The molecule has 0 saturated heterocycles. The summed E-state index contributed by atoms with van der Waals surface area (Å²) in [5.41, 5.74) is 9.87. The normalized spacial score (nSPS) is 10.8. The van der Waals surface area contributed by atoms with Crippen molar-refractivity contribution in [2.75, 3.05) is 6.61 Å². The summed E-state index contributed by atoms with van der Waals surface area (Å²) in [5.74, 6) is -5.38. The molecule has 0 aliphatic heterocycles. The fraction of sp³-hybridized carbons (Fsp3) is 0.222. The third-order valence-electron chi connectivity index (χ3n) is 7.15. The molecular formula is C36H34F5N3O5. The molecule has 0 fully saturated rings. The van der Waals surface area contributed by atoms with Crippen LogP contribution in [0.15, 0.2) is 97.1 Å². The average molecular weight is 684 g/mol. The maximum absolute atomic E-state index is 13.1. The van der Waals surface area contributed by atoms with Gasteiger partial charge in [-0.15, -0.1) is 0 Å². The first-order valence-electron chi connectivity index (χ1n) is 14.8. The number of aryl methyl sites for hydroxylation is 2. The molecule has 2 N–H and O–H groups in total. The van der Waals surface area contributed by atoms with E-state index in [2.05, 4.69) is 4.74 Å². The molecule has 4 aromatic rings. The van der Waals surface area contributed by atoms with Crippen LogP contribution in [0.25, 0.3) is 0 Å². The van der Waals surface area contributed by atoms with E-state index in [4.69, 9.17) is 5.73 Å². The third kappa shape index (κ3) is 12.5. The number of nitrogens with zero attached hydrogens (tertiary/aromatic N) is 2. The fourth-order valence-corrected chi connectivity index (χ4v) is 4.50. The van der Waals surface area contributed by atoms with Gasteiger partial charge in [-0.2, -0.15) is 13.2 Å². The number of esters is 1. The van der Waals surface area contributed by atoms with E-state index in [0.29, 0.717) is 5.56 Å². The van der Waals surface area contributed by atoms with Gasteiger partial charge in [-0.25, -0.2) is 13.6 Å². The van der Waals surface area contributed by atoms with Crippen molar-refractivity contribution in [1.29, 1.82) is 0 Å². The SMILES string of the molecule is Cc1ccccc1CN(Cc1ccc(F)cc1)C(=O)C(=O)OCC(F)(F)F.Cc1ccccc1CN(Cc1ccc(F)cc1)C(=O)C(N)=O. The Balaban J connectivity index is 0.000000271. The van der Waals surface area contributed by atoms with Crippen LogP contribution in [-0.4, -0.2) is 46.3 Å². The number of carbonyl (C=O) groups excluding carboxylic acids is 4. The Bertz CT molecular complexity index is 1750. The Morgan fingerprint density at radius 3 is 1.37 bits per heavy atom. The molecule has 49 heavy (non-hydrogen) atoms. The average Bonchev–Trinajstić information content (AvgIpc) is 3.06. The molecule has 8 nitrogen and oxygen atoms in total. The summed E-state index contributed by atoms with van der Waals surface area (Å²) in [5, 5.41) is 0. The summed E-state index contributed by atoms with van der Waals surface area (Å²) >= 11 is 0. The molecule has 0 unspecified atom stereocenters. The molecule has 0 aliphatic rings. The largest absolute Gasteiger partial charge is 0.449 e. The minimum Gasteiger partial charge on any atom is -0.449 e. The van der Waals surface area contributed by atoms with Gasteiger partial charge in [-0.3, -0.25) is 14.4 Å². The Kier molecular flexibility index (Phi) is 13.5. The van der Waals surface area contributed by atoms with Crippen LogP contribution in [0.1, 0.15) is 33.4 Å². The van der Waals surface area contributed by atoms with Gasteiger partial charge in [0.05, 0.1) is 0 Å². The Morgan fingerprint density at radius 1 is 0.612 bits per heavy atom. The molecule has 4 rings (SSSR count). The lowest BCUT2D eigenvalue weighted by atomic mass is 10.1. The van der Waals surface area contributed by atoms with Crippen LogP contribution in [0.3, 0.4) is 0 Å². The summed E-state index contributed by atoms with van der Waals surface area (Å²) in [6.45, 7) is 2.26. The lowest BCUT2D eigenvalue weighted by molar-refractivity contribution is -0.189. The highest BCUT2D eigenvalue weighted by atomic mass is 19.4. The van der Waals surface area contributed by atoms with E-state index in [-0.39, 0.29) is 32.0 Å². The molecule has 4 aromatic carbocycles. The zero-order valence-corrected chi connectivity index (χ0v) is 26.7. The molecule has 258 valence electrons. The highest BCUT2D eigenvalue weighted by Crippen LogP contribution is 2.18. The van der Waals surface area contributed by atoms with Crippen molar-refractivity contribution >= 4 is 23.7 Å². The van der Waals surface area contributed by atoms with E-state index >= 15 is 0 Å². The second-order valence-electron chi connectivity index (χ2n) is 11.0. The maximum Gasteiger partial charge on any atom is 0.422 e. The van der Waals surface area contributed by atoms with E-state index in [0.717, 1.165) is 32.7 Å². The van der Waals surface area contributed by atoms with Crippen molar-refractivity contribution in [3.05, 3.63) is 142 Å². The standard InChI is InChI=1S/C19H17F4NO3.C17H17FN2O2/c1-13-4-2-3-5-15(13)11-24(10-14-6-8-16(20)9-7-14)17(25)18(26)27-12-19(21,22)23;1-12-4-2-3-5-14(12)11-20(17(22)16(19)21)10-13-6-8-15(18)9-7-13/h2-9H,10-12H2,1H3;2-9H,10-11H2,1H3,(H2,19,21). The first-order valence-corrected chi connectivity index (χ1v) is 14.8. The summed E-state index contributed by atoms with van der Waals surface area (Å²) in [4.78, 5) is 49.8. The monoisotopic (exact) mass is 683 g/mol. The van der Waals surface area contributed by atoms with Crippen LogP contribution >= 0.6 is 0 Å². The first-order chi connectivity index (χ1) is 23.1. The van der Waals surface area contributed by atoms with Crippen molar-refractivity contribution in [3.8, 4) is 0 Å². The number of nitrogens with two attached hydrogens (primary N) is 1. The van der Waals surface area contributed by atoms with Crippen molar-refractivity contribution in [2.45, 2.75) is 46.2 Å². The molecule has 0 spiro atoms. The van der Waals surface area contributed by atoms with E-state index < -0.39 is 42.3 Å². The molecule has 0 aliphatic carbocycles. The van der Waals surface area contributed by atoms with E-state index in [9.17, 15) is 41.1 Å². The quantitative estimate of drug-likeness (QED) is 0.134. The summed E-state index contributed by atoms with van der Waals surface area (Å²) in [6, 6.07) is 25.7. The maximum atomic E-state index is 13.1. The van der Waals surface area contributed by atoms with Crippen molar-refractivity contribution < 1.29 is 45.9 Å². The Labute approximate surface area is 279 Å². The number of hydrogen-bond acceptors (Lipinski definition) is 5. The smallest absolute Gasteiger partial charge is 0.422 e. The molecular weight excluding hydrogens is 649 g/mol. The lowest BCUT2D eigenvalue weighted by Gasteiger charge is -2.23. The van der Waals surface area contributed by atoms with Crippen LogP contribution in [-0.2, 0) is 50.1 Å². The van der Waals surface area contributed by atoms with Crippen molar-refractivity contribution in [2.24, 2.45) is 5.73 Å². The second-order valence-corrected chi connectivity index (χ2v) is 11.0. The molecule has 0 bridgehead atoms. The van der Waals surface area contributed by atoms with E-state index in [1.54, 1.807) is 43.3 Å². The first kappa shape index (κ1) is 37.9. The van der Waals surface area contributed by atoms with Gasteiger partial charge in [0, 0.05) is 26.2 Å². The summed E-state index contributed by atoms with van der Waals surface area (Å²) in [6.07, 6.45) is -4.73. The number of ether oxygens (including phenoxy) is 1. The summed E-state index contributed by atoms with van der Waals surface area (Å²) < 4.78 is 66.8. The van der Waals surface area contributed by atoms with Gasteiger partial charge >= 0.3 is 29.9 Å². The van der Waals surface area contributed by atoms with Crippen LogP contribution < -0.4 is 5.73 Å². The van der Waals surface area contributed by atoms with E-state index in [1.165, 1.54) is 41.3 Å². The Morgan fingerprint density at radius 2 is 1.00 bits per heavy atom. The minimum absolute atomic E-state index is 0.00992. The number of benzene rings is 4. The van der Waals surface area contributed by atoms with Crippen LogP contribution in [0.5, 0.6) is 0 Å². The van der Waals surface area contributed by atoms with Gasteiger partial charge in [-0.05, 0) is 71.5 Å². The van der Waals surface area contributed by atoms with Crippen LogP contribution in [0, 0.1) is 25.5 Å². The molecule has 0 aromatic heterocycles. The van der Waals surface area contributed by atoms with Gasteiger partial charge in [0.25, 0.3) is 0 Å². The van der Waals surface area contributed by atoms with Gasteiger partial charge in [-0.1, -0.05) is 72.8 Å². The molecule has 0 heterocycles. The third-order valence-corrected chi connectivity index (χ3v) is 7.15. The van der Waals surface area contributed by atoms with Gasteiger partial charge in [0.2, 0.25) is 0 Å². The van der Waals surface area contributed by atoms with Crippen molar-refractivity contribution in [1.82, 2.24) is 9.80 Å². The number of hydrogen-bond donors (Lipinski definition) is 1. The molecule has 0 atom stereocenters. The molecule has 0 saturated carbocycles. The van der Waals surface area contributed by atoms with Crippen molar-refractivity contribution in [3.63, 3.8) is 0 Å².